The lowest BCUT2D eigenvalue weighted by molar-refractivity contribution is 0.211. The molecule has 2 N–H and O–H groups in total. The molecule has 0 aliphatic carbocycles. The van der Waals surface area contributed by atoms with Crippen LogP contribution in [0.2, 0.25) is 0 Å². The summed E-state index contributed by atoms with van der Waals surface area (Å²) >= 11 is 1.73. The van der Waals surface area contributed by atoms with Crippen molar-refractivity contribution in [3.63, 3.8) is 0 Å². The standard InChI is InChI=1S/C15H18N4OS/c1-11-14(18-10-17-11)15-16-4-5-19(15)8-12(9-20)7-13-3-2-6-21-13/h2-6,10,12,20H,7-9H2,1H3,(H,17,18)/t12-/m1/s1. The molecule has 0 saturated heterocycles. The molecule has 110 valence electrons. The monoisotopic (exact) mass is 302 g/mol. The van der Waals surface area contributed by atoms with Gasteiger partial charge in [-0.3, -0.25) is 0 Å². The molecular formula is C15H18N4OS. The maximum atomic E-state index is 9.65. The van der Waals surface area contributed by atoms with E-state index in [2.05, 4.69) is 31.0 Å². The SMILES string of the molecule is Cc1[nH]cnc1-c1nccn1C[C@H](CO)Cc1cccs1. The van der Waals surface area contributed by atoms with Gasteiger partial charge in [-0.1, -0.05) is 6.07 Å². The van der Waals surface area contributed by atoms with Crippen LogP contribution in [0.1, 0.15) is 10.6 Å². The van der Waals surface area contributed by atoms with Crippen molar-refractivity contribution in [2.45, 2.75) is 19.9 Å². The topological polar surface area (TPSA) is 66.7 Å². The summed E-state index contributed by atoms with van der Waals surface area (Å²) in [4.78, 5) is 13.1. The fraction of sp³-hybridized carbons (Fsp3) is 0.333. The molecule has 3 heterocycles. The Morgan fingerprint density at radius 3 is 3.00 bits per heavy atom. The molecule has 3 aromatic rings. The number of nitrogens with zero attached hydrogens (tertiary/aromatic N) is 3. The Hall–Kier alpha value is -1.92. The lowest BCUT2D eigenvalue weighted by Gasteiger charge is -2.15. The van der Waals surface area contributed by atoms with E-state index in [1.807, 2.05) is 19.2 Å². The molecule has 0 spiro atoms. The van der Waals surface area contributed by atoms with E-state index in [1.54, 1.807) is 23.9 Å². The zero-order valence-electron chi connectivity index (χ0n) is 11.9. The summed E-state index contributed by atoms with van der Waals surface area (Å²) in [5, 5.41) is 11.7. The number of H-pyrrole nitrogens is 1. The Kier molecular flexibility index (Phi) is 4.17. The quantitative estimate of drug-likeness (QED) is 0.735. The first-order valence-electron chi connectivity index (χ1n) is 6.92. The van der Waals surface area contributed by atoms with Gasteiger partial charge in [-0.05, 0) is 24.8 Å². The van der Waals surface area contributed by atoms with E-state index in [-0.39, 0.29) is 12.5 Å². The summed E-state index contributed by atoms with van der Waals surface area (Å²) in [5.41, 5.74) is 1.87. The summed E-state index contributed by atoms with van der Waals surface area (Å²) < 4.78 is 2.07. The number of aromatic amines is 1. The number of aliphatic hydroxyl groups excluding tert-OH is 1. The number of hydrogen-bond acceptors (Lipinski definition) is 4. The minimum absolute atomic E-state index is 0.162. The Morgan fingerprint density at radius 1 is 1.43 bits per heavy atom. The van der Waals surface area contributed by atoms with Gasteiger partial charge in [0.05, 0.1) is 6.33 Å². The van der Waals surface area contributed by atoms with Gasteiger partial charge in [0.1, 0.15) is 5.69 Å². The molecule has 0 aliphatic heterocycles. The van der Waals surface area contributed by atoms with E-state index in [0.717, 1.165) is 30.2 Å². The van der Waals surface area contributed by atoms with Crippen molar-refractivity contribution in [2.75, 3.05) is 6.61 Å². The third-order valence-corrected chi connectivity index (χ3v) is 4.44. The fourth-order valence-electron chi connectivity index (χ4n) is 2.44. The molecule has 0 aliphatic rings. The highest BCUT2D eigenvalue weighted by Gasteiger charge is 2.15. The van der Waals surface area contributed by atoms with Crippen molar-refractivity contribution >= 4 is 11.3 Å². The molecule has 6 heteroatoms. The van der Waals surface area contributed by atoms with Gasteiger partial charge in [-0.15, -0.1) is 11.3 Å². The number of aromatic nitrogens is 4. The molecule has 0 bridgehead atoms. The van der Waals surface area contributed by atoms with Gasteiger partial charge in [0.2, 0.25) is 0 Å². The average Bonchev–Trinajstić information content (AvgIpc) is 3.20. The van der Waals surface area contributed by atoms with Gasteiger partial charge in [0.25, 0.3) is 0 Å². The van der Waals surface area contributed by atoms with E-state index in [1.165, 1.54) is 4.88 Å². The minimum atomic E-state index is 0.162. The number of imidazole rings is 2. The Labute approximate surface area is 127 Å². The Morgan fingerprint density at radius 2 is 2.33 bits per heavy atom. The van der Waals surface area contributed by atoms with Crippen LogP contribution >= 0.6 is 11.3 Å². The average molecular weight is 302 g/mol. The van der Waals surface area contributed by atoms with Gasteiger partial charge >= 0.3 is 0 Å². The molecule has 0 unspecified atom stereocenters. The van der Waals surface area contributed by atoms with Crippen LogP contribution in [0.4, 0.5) is 0 Å². The molecule has 3 rings (SSSR count). The first-order valence-corrected chi connectivity index (χ1v) is 7.80. The maximum Gasteiger partial charge on any atom is 0.160 e. The molecule has 3 aromatic heterocycles. The highest BCUT2D eigenvalue weighted by molar-refractivity contribution is 7.09. The summed E-state index contributed by atoms with van der Waals surface area (Å²) in [5.74, 6) is 1.02. The molecule has 21 heavy (non-hydrogen) atoms. The largest absolute Gasteiger partial charge is 0.396 e. The van der Waals surface area contributed by atoms with Gasteiger partial charge in [-0.2, -0.15) is 0 Å². The molecule has 1 atom stereocenters. The molecule has 5 nitrogen and oxygen atoms in total. The van der Waals surface area contributed by atoms with Crippen LogP contribution in [0.25, 0.3) is 11.5 Å². The Bertz CT molecular complexity index is 686. The highest BCUT2D eigenvalue weighted by Crippen LogP contribution is 2.21. The third-order valence-electron chi connectivity index (χ3n) is 3.54. The zero-order chi connectivity index (χ0) is 14.7. The van der Waals surface area contributed by atoms with Crippen molar-refractivity contribution in [3.8, 4) is 11.5 Å². The number of aryl methyl sites for hydroxylation is 1. The fourth-order valence-corrected chi connectivity index (χ4v) is 3.26. The first kappa shape index (κ1) is 14.0. The number of aliphatic hydroxyl groups is 1. The molecule has 0 aromatic carbocycles. The van der Waals surface area contributed by atoms with Gasteiger partial charge in [0, 0.05) is 42.0 Å². The second-order valence-electron chi connectivity index (χ2n) is 5.11. The van der Waals surface area contributed by atoms with Gasteiger partial charge < -0.3 is 14.7 Å². The van der Waals surface area contributed by atoms with Crippen molar-refractivity contribution in [2.24, 2.45) is 5.92 Å². The number of hydrogen-bond donors (Lipinski definition) is 2. The van der Waals surface area contributed by atoms with Crippen LogP contribution < -0.4 is 0 Å². The number of rotatable bonds is 6. The minimum Gasteiger partial charge on any atom is -0.396 e. The first-order chi connectivity index (χ1) is 10.3. The molecule has 0 saturated carbocycles. The van der Waals surface area contributed by atoms with Gasteiger partial charge in [-0.25, -0.2) is 9.97 Å². The van der Waals surface area contributed by atoms with Crippen LogP contribution in [-0.4, -0.2) is 31.2 Å². The highest BCUT2D eigenvalue weighted by atomic mass is 32.1. The predicted octanol–water partition coefficient (Wildman–Crippen LogP) is 2.49. The van der Waals surface area contributed by atoms with E-state index >= 15 is 0 Å². The third kappa shape index (κ3) is 3.06. The van der Waals surface area contributed by atoms with Crippen LogP contribution in [-0.2, 0) is 13.0 Å². The predicted molar refractivity (Wildman–Crippen MR) is 83.1 cm³/mol. The van der Waals surface area contributed by atoms with E-state index in [0.29, 0.717) is 0 Å². The normalized spacial score (nSPS) is 12.7. The second-order valence-corrected chi connectivity index (χ2v) is 6.14. The summed E-state index contributed by atoms with van der Waals surface area (Å²) in [6, 6.07) is 4.16. The summed E-state index contributed by atoms with van der Waals surface area (Å²) in [6.07, 6.45) is 6.29. The lowest BCUT2D eigenvalue weighted by atomic mass is 10.1. The van der Waals surface area contributed by atoms with Gasteiger partial charge in [0.15, 0.2) is 5.82 Å². The van der Waals surface area contributed by atoms with Crippen molar-refractivity contribution in [3.05, 3.63) is 46.8 Å². The smallest absolute Gasteiger partial charge is 0.160 e. The molecule has 0 amide bonds. The lowest BCUT2D eigenvalue weighted by Crippen LogP contribution is -2.17. The van der Waals surface area contributed by atoms with Crippen LogP contribution in [0.15, 0.2) is 36.2 Å². The maximum absolute atomic E-state index is 9.65. The van der Waals surface area contributed by atoms with Crippen LogP contribution in [0.5, 0.6) is 0 Å². The second kappa shape index (κ2) is 6.24. The van der Waals surface area contributed by atoms with Crippen molar-refractivity contribution in [1.29, 1.82) is 0 Å². The molecular weight excluding hydrogens is 284 g/mol. The zero-order valence-corrected chi connectivity index (χ0v) is 12.7. The summed E-state index contributed by atoms with van der Waals surface area (Å²) in [7, 11) is 0. The van der Waals surface area contributed by atoms with Crippen molar-refractivity contribution < 1.29 is 5.11 Å². The number of thiophene rings is 1. The van der Waals surface area contributed by atoms with Crippen LogP contribution in [0.3, 0.4) is 0 Å². The molecule has 0 fully saturated rings. The summed E-state index contributed by atoms with van der Waals surface area (Å²) in [6.45, 7) is 2.88. The molecule has 0 radical (unpaired) electrons. The van der Waals surface area contributed by atoms with Crippen molar-refractivity contribution in [1.82, 2.24) is 19.5 Å². The van der Waals surface area contributed by atoms with E-state index in [4.69, 9.17) is 0 Å². The Balaban J connectivity index is 1.78. The number of nitrogens with one attached hydrogen (secondary N) is 1. The van der Waals surface area contributed by atoms with E-state index in [9.17, 15) is 5.11 Å². The van der Waals surface area contributed by atoms with Crippen LogP contribution in [0, 0.1) is 12.8 Å². The van der Waals surface area contributed by atoms with E-state index < -0.39 is 0 Å².